The van der Waals surface area contributed by atoms with Crippen molar-refractivity contribution < 1.29 is 8.42 Å². The van der Waals surface area contributed by atoms with E-state index in [9.17, 15) is 8.42 Å². The molecule has 0 radical (unpaired) electrons. The van der Waals surface area contributed by atoms with Crippen LogP contribution in [0.1, 0.15) is 43.2 Å². The maximum Gasteiger partial charge on any atom is 0.240 e. The van der Waals surface area contributed by atoms with E-state index in [-0.39, 0.29) is 0 Å². The number of nitrogens with one attached hydrogen (secondary N) is 2. The predicted octanol–water partition coefficient (Wildman–Crippen LogP) is 4.33. The Morgan fingerprint density at radius 3 is 2.42 bits per heavy atom. The fraction of sp³-hybridized carbons (Fsp3) is 0.429. The second-order valence-corrected chi connectivity index (χ2v) is 8.96. The lowest BCUT2D eigenvalue weighted by Crippen LogP contribution is -2.19. The van der Waals surface area contributed by atoms with Gasteiger partial charge in [-0.15, -0.1) is 0 Å². The Morgan fingerprint density at radius 1 is 1.00 bits per heavy atom. The van der Waals surface area contributed by atoms with Gasteiger partial charge < -0.3 is 5.32 Å². The molecule has 0 aromatic heterocycles. The third-order valence-corrected chi connectivity index (χ3v) is 6.63. The van der Waals surface area contributed by atoms with Crippen LogP contribution in [-0.4, -0.2) is 15.5 Å². The fourth-order valence-corrected chi connectivity index (χ4v) is 4.43. The van der Waals surface area contributed by atoms with Gasteiger partial charge in [0, 0.05) is 12.2 Å². The molecule has 2 aromatic rings. The summed E-state index contributed by atoms with van der Waals surface area (Å²) in [7, 11) is -2.00. The monoisotopic (exact) mass is 372 g/mol. The normalized spacial score (nSPS) is 15.7. The Bertz CT molecular complexity index is 813. The van der Waals surface area contributed by atoms with E-state index >= 15 is 0 Å². The molecule has 2 aromatic carbocycles. The van der Waals surface area contributed by atoms with Crippen molar-refractivity contribution in [1.82, 2.24) is 4.72 Å². The van der Waals surface area contributed by atoms with Crippen LogP contribution in [0.2, 0.25) is 0 Å². The SMILES string of the molecule is CNS(=O)(=O)c1ccc(CC2CCCCC2)c(NCc2ccccc2)c1. The van der Waals surface area contributed by atoms with E-state index in [0.717, 1.165) is 12.1 Å². The molecule has 140 valence electrons. The molecule has 5 heteroatoms. The first kappa shape index (κ1) is 18.9. The predicted molar refractivity (Wildman–Crippen MR) is 107 cm³/mol. The van der Waals surface area contributed by atoms with E-state index in [0.29, 0.717) is 17.4 Å². The summed E-state index contributed by atoms with van der Waals surface area (Å²) in [6, 6.07) is 15.6. The maximum atomic E-state index is 12.2. The van der Waals surface area contributed by atoms with Gasteiger partial charge in [-0.25, -0.2) is 13.1 Å². The molecule has 0 unspecified atom stereocenters. The highest BCUT2D eigenvalue weighted by Gasteiger charge is 2.18. The van der Waals surface area contributed by atoms with Gasteiger partial charge in [0.15, 0.2) is 0 Å². The molecule has 1 aliphatic rings. The standard InChI is InChI=1S/C21H28N2O2S/c1-22-26(24,25)20-13-12-19(14-17-8-4-2-5-9-17)21(15-20)23-16-18-10-6-3-7-11-18/h3,6-7,10-13,15,17,22-23H,2,4-5,8-9,14,16H2,1H3. The van der Waals surface area contributed by atoms with Gasteiger partial charge in [-0.2, -0.15) is 0 Å². The number of rotatable bonds is 7. The second-order valence-electron chi connectivity index (χ2n) is 7.07. The highest BCUT2D eigenvalue weighted by molar-refractivity contribution is 7.89. The average molecular weight is 373 g/mol. The summed E-state index contributed by atoms with van der Waals surface area (Å²) < 4.78 is 26.8. The molecule has 1 saturated carbocycles. The minimum Gasteiger partial charge on any atom is -0.381 e. The Hall–Kier alpha value is -1.85. The van der Waals surface area contributed by atoms with Crippen molar-refractivity contribution in [2.75, 3.05) is 12.4 Å². The third kappa shape index (κ3) is 4.86. The zero-order valence-corrected chi connectivity index (χ0v) is 16.2. The topological polar surface area (TPSA) is 58.2 Å². The van der Waals surface area contributed by atoms with E-state index in [4.69, 9.17) is 0 Å². The first-order valence-electron chi connectivity index (χ1n) is 9.43. The quantitative estimate of drug-likeness (QED) is 0.760. The highest BCUT2D eigenvalue weighted by atomic mass is 32.2. The first-order chi connectivity index (χ1) is 12.6. The van der Waals surface area contributed by atoms with Gasteiger partial charge in [0.1, 0.15) is 0 Å². The van der Waals surface area contributed by atoms with Gasteiger partial charge in [0.2, 0.25) is 10.0 Å². The highest BCUT2D eigenvalue weighted by Crippen LogP contribution is 2.30. The zero-order chi connectivity index (χ0) is 18.4. The van der Waals surface area contributed by atoms with E-state index < -0.39 is 10.0 Å². The summed E-state index contributed by atoms with van der Waals surface area (Å²) in [5.41, 5.74) is 3.32. The molecule has 1 aliphatic carbocycles. The molecule has 4 nitrogen and oxygen atoms in total. The molecule has 2 N–H and O–H groups in total. The molecular weight excluding hydrogens is 344 g/mol. The number of hydrogen-bond donors (Lipinski definition) is 2. The molecule has 0 bridgehead atoms. The third-order valence-electron chi connectivity index (χ3n) is 5.22. The number of anilines is 1. The van der Waals surface area contributed by atoms with E-state index in [1.54, 1.807) is 12.1 Å². The van der Waals surface area contributed by atoms with Crippen LogP contribution in [0, 0.1) is 5.92 Å². The average Bonchev–Trinajstić information content (AvgIpc) is 2.68. The van der Waals surface area contributed by atoms with Gasteiger partial charge in [-0.05, 0) is 42.6 Å². The van der Waals surface area contributed by atoms with Crippen molar-refractivity contribution in [3.63, 3.8) is 0 Å². The molecule has 26 heavy (non-hydrogen) atoms. The molecular formula is C21H28N2O2S. The van der Waals surface area contributed by atoms with Gasteiger partial charge in [-0.3, -0.25) is 0 Å². The largest absolute Gasteiger partial charge is 0.381 e. The lowest BCUT2D eigenvalue weighted by molar-refractivity contribution is 0.357. The van der Waals surface area contributed by atoms with Gasteiger partial charge >= 0.3 is 0 Å². The Morgan fingerprint density at radius 2 is 1.73 bits per heavy atom. The molecule has 0 atom stereocenters. The van der Waals surface area contributed by atoms with E-state index in [1.165, 1.54) is 50.3 Å². The summed E-state index contributed by atoms with van der Waals surface area (Å²) in [6.45, 7) is 0.682. The van der Waals surface area contributed by atoms with Crippen LogP contribution in [0.15, 0.2) is 53.4 Å². The van der Waals surface area contributed by atoms with Crippen molar-refractivity contribution in [1.29, 1.82) is 0 Å². The number of sulfonamides is 1. The van der Waals surface area contributed by atoms with E-state index in [1.807, 2.05) is 24.3 Å². The van der Waals surface area contributed by atoms with Crippen LogP contribution in [-0.2, 0) is 23.0 Å². The van der Waals surface area contributed by atoms with Crippen molar-refractivity contribution in [2.45, 2.75) is 50.0 Å². The summed E-state index contributed by atoms with van der Waals surface area (Å²) in [5.74, 6) is 0.702. The van der Waals surface area contributed by atoms with Gasteiger partial charge in [0.25, 0.3) is 0 Å². The molecule has 1 fully saturated rings. The fourth-order valence-electron chi connectivity index (χ4n) is 3.68. The molecule has 0 amide bonds. The minimum absolute atomic E-state index is 0.308. The van der Waals surface area contributed by atoms with Crippen LogP contribution in [0.4, 0.5) is 5.69 Å². The Labute approximate surface area is 157 Å². The maximum absolute atomic E-state index is 12.2. The number of benzene rings is 2. The second kappa shape index (κ2) is 8.69. The van der Waals surface area contributed by atoms with Crippen molar-refractivity contribution >= 4 is 15.7 Å². The van der Waals surface area contributed by atoms with Crippen molar-refractivity contribution in [3.05, 3.63) is 59.7 Å². The molecule has 0 heterocycles. The van der Waals surface area contributed by atoms with Gasteiger partial charge in [0.05, 0.1) is 4.90 Å². The first-order valence-corrected chi connectivity index (χ1v) is 10.9. The van der Waals surface area contributed by atoms with Crippen LogP contribution >= 0.6 is 0 Å². The number of hydrogen-bond acceptors (Lipinski definition) is 3. The van der Waals surface area contributed by atoms with Crippen molar-refractivity contribution in [2.24, 2.45) is 5.92 Å². The van der Waals surface area contributed by atoms with Crippen molar-refractivity contribution in [3.8, 4) is 0 Å². The van der Waals surface area contributed by atoms with Crippen LogP contribution in [0.3, 0.4) is 0 Å². The lowest BCUT2D eigenvalue weighted by atomic mass is 9.84. The van der Waals surface area contributed by atoms with E-state index in [2.05, 4.69) is 22.2 Å². The summed E-state index contributed by atoms with van der Waals surface area (Å²) in [4.78, 5) is 0.308. The molecule has 3 rings (SSSR count). The van der Waals surface area contributed by atoms with Crippen LogP contribution in [0.5, 0.6) is 0 Å². The Balaban J connectivity index is 1.84. The smallest absolute Gasteiger partial charge is 0.240 e. The lowest BCUT2D eigenvalue weighted by Gasteiger charge is -2.23. The summed E-state index contributed by atoms with van der Waals surface area (Å²) in [6.07, 6.45) is 7.52. The van der Waals surface area contributed by atoms with Gasteiger partial charge in [-0.1, -0.05) is 68.5 Å². The Kier molecular flexibility index (Phi) is 6.33. The minimum atomic E-state index is -3.44. The summed E-state index contributed by atoms with van der Waals surface area (Å²) in [5, 5.41) is 3.46. The van der Waals surface area contributed by atoms with Crippen LogP contribution in [0.25, 0.3) is 0 Å². The molecule has 0 aliphatic heterocycles. The summed E-state index contributed by atoms with van der Waals surface area (Å²) >= 11 is 0. The molecule has 0 saturated heterocycles. The van der Waals surface area contributed by atoms with Crippen LogP contribution < -0.4 is 10.0 Å². The zero-order valence-electron chi connectivity index (χ0n) is 15.4. The molecule has 0 spiro atoms.